The molecule has 1 aromatic heterocycles. The molecule has 0 atom stereocenters. The third-order valence-electron chi connectivity index (χ3n) is 5.59. The van der Waals surface area contributed by atoms with E-state index < -0.39 is 5.97 Å². The van der Waals surface area contributed by atoms with Crippen molar-refractivity contribution in [3.05, 3.63) is 71.4 Å². The van der Waals surface area contributed by atoms with Crippen LogP contribution in [0.25, 0.3) is 22.4 Å². The van der Waals surface area contributed by atoms with Gasteiger partial charge in [-0.3, -0.25) is 0 Å². The van der Waals surface area contributed by atoms with Crippen LogP contribution in [-0.4, -0.2) is 17.6 Å². The summed E-state index contributed by atoms with van der Waals surface area (Å²) in [5.74, 6) is 0.0565. The Hall–Kier alpha value is -1.85. The fourth-order valence-electron chi connectivity index (χ4n) is 4.04. The van der Waals surface area contributed by atoms with E-state index in [0.29, 0.717) is 23.2 Å². The largest absolute Gasteiger partial charge is 1.00 e. The number of benzene rings is 2. The molecule has 0 radical (unpaired) electrons. The normalized spacial score (nSPS) is 14.0. The standard InChI is InChI=1S/C25H24ClNO3.Na/c26-18-13-14-24(30-16-17-7-2-1-3-8-17)21(15-18)19-9-4-5-10-20(19)22-11-6-12-23(27-22)25(28)29;/h4-6,9-15,17H,1-3,7-8,16H2,(H,28,29);/q;+1/p-1. The van der Waals surface area contributed by atoms with Crippen LogP contribution in [0, 0.1) is 5.92 Å². The van der Waals surface area contributed by atoms with E-state index in [1.165, 1.54) is 38.2 Å². The molecule has 1 aliphatic rings. The molecule has 2 aromatic carbocycles. The monoisotopic (exact) mass is 443 g/mol. The van der Waals surface area contributed by atoms with Gasteiger partial charge in [-0.1, -0.05) is 61.2 Å². The quantitative estimate of drug-likeness (QED) is 0.549. The van der Waals surface area contributed by atoms with Crippen LogP contribution in [0.3, 0.4) is 0 Å². The summed E-state index contributed by atoms with van der Waals surface area (Å²) in [6.45, 7) is 0.690. The van der Waals surface area contributed by atoms with Gasteiger partial charge in [0.05, 0.1) is 24.0 Å². The van der Waals surface area contributed by atoms with Crippen molar-refractivity contribution in [2.75, 3.05) is 6.61 Å². The van der Waals surface area contributed by atoms with Gasteiger partial charge in [-0.05, 0) is 54.7 Å². The van der Waals surface area contributed by atoms with E-state index in [1.54, 1.807) is 12.1 Å². The van der Waals surface area contributed by atoms with E-state index in [0.717, 1.165) is 22.4 Å². The van der Waals surface area contributed by atoms with Crippen LogP contribution in [0.2, 0.25) is 5.02 Å². The Morgan fingerprint density at radius 3 is 2.45 bits per heavy atom. The van der Waals surface area contributed by atoms with Crippen molar-refractivity contribution in [1.82, 2.24) is 4.98 Å². The Labute approximate surface area is 209 Å². The number of nitrogens with zero attached hydrogens (tertiary/aromatic N) is 1. The molecule has 6 heteroatoms. The van der Waals surface area contributed by atoms with Crippen LogP contribution in [0.15, 0.2) is 60.7 Å². The first-order valence-electron chi connectivity index (χ1n) is 10.3. The minimum absolute atomic E-state index is 0. The predicted octanol–water partition coefficient (Wildman–Crippen LogP) is 2.40. The number of carboxylic acid groups (broad SMARTS) is 1. The number of carbonyl (C=O) groups is 1. The van der Waals surface area contributed by atoms with Gasteiger partial charge in [0.15, 0.2) is 0 Å². The SMILES string of the molecule is O=C([O-])c1cccc(-c2ccccc2-c2cc(Cl)ccc2OCC2CCCCC2)n1.[Na+]. The third-order valence-corrected chi connectivity index (χ3v) is 5.83. The van der Waals surface area contributed by atoms with Crippen LogP contribution in [0.1, 0.15) is 42.6 Å². The zero-order valence-corrected chi connectivity index (χ0v) is 20.4. The van der Waals surface area contributed by atoms with E-state index in [-0.39, 0.29) is 35.3 Å². The zero-order chi connectivity index (χ0) is 20.9. The molecule has 154 valence electrons. The fourth-order valence-corrected chi connectivity index (χ4v) is 4.21. The maximum atomic E-state index is 11.3. The summed E-state index contributed by atoms with van der Waals surface area (Å²) < 4.78 is 6.26. The zero-order valence-electron chi connectivity index (χ0n) is 17.6. The number of rotatable bonds is 6. The third kappa shape index (κ3) is 5.89. The molecule has 4 nitrogen and oxygen atoms in total. The van der Waals surface area contributed by atoms with Gasteiger partial charge in [-0.2, -0.15) is 0 Å². The van der Waals surface area contributed by atoms with Gasteiger partial charge in [0, 0.05) is 16.1 Å². The van der Waals surface area contributed by atoms with Crippen LogP contribution in [0.4, 0.5) is 0 Å². The second-order valence-electron chi connectivity index (χ2n) is 7.70. The van der Waals surface area contributed by atoms with Crippen molar-refractivity contribution in [3.8, 4) is 28.1 Å². The van der Waals surface area contributed by atoms with Crippen molar-refractivity contribution < 1.29 is 44.2 Å². The molecule has 31 heavy (non-hydrogen) atoms. The van der Waals surface area contributed by atoms with Gasteiger partial charge < -0.3 is 14.6 Å². The summed E-state index contributed by atoms with van der Waals surface area (Å²) in [7, 11) is 0. The summed E-state index contributed by atoms with van der Waals surface area (Å²) in [4.78, 5) is 15.5. The molecule has 3 aromatic rings. The minimum atomic E-state index is -1.30. The maximum absolute atomic E-state index is 11.3. The first-order valence-corrected chi connectivity index (χ1v) is 10.7. The van der Waals surface area contributed by atoms with Gasteiger partial charge in [0.1, 0.15) is 5.75 Å². The predicted molar refractivity (Wildman–Crippen MR) is 117 cm³/mol. The smallest absolute Gasteiger partial charge is 0.543 e. The fraction of sp³-hybridized carbons (Fsp3) is 0.280. The molecule has 1 heterocycles. The average Bonchev–Trinajstić information content (AvgIpc) is 2.79. The van der Waals surface area contributed by atoms with E-state index in [2.05, 4.69) is 4.98 Å². The molecule has 0 N–H and O–H groups in total. The topological polar surface area (TPSA) is 62.2 Å². The molecule has 1 fully saturated rings. The molecule has 0 saturated heterocycles. The van der Waals surface area contributed by atoms with Gasteiger partial charge in [-0.15, -0.1) is 0 Å². The van der Waals surface area contributed by atoms with Crippen LogP contribution in [-0.2, 0) is 0 Å². The number of carbonyl (C=O) groups excluding carboxylic acids is 1. The number of hydrogen-bond donors (Lipinski definition) is 0. The van der Waals surface area contributed by atoms with Crippen molar-refractivity contribution in [2.24, 2.45) is 5.92 Å². The van der Waals surface area contributed by atoms with Gasteiger partial charge in [-0.25, -0.2) is 4.98 Å². The summed E-state index contributed by atoms with van der Waals surface area (Å²) in [6, 6.07) is 18.2. The second-order valence-corrected chi connectivity index (χ2v) is 8.13. The Balaban J connectivity index is 0.00000272. The molecule has 0 spiro atoms. The van der Waals surface area contributed by atoms with Crippen molar-refractivity contribution in [1.29, 1.82) is 0 Å². The van der Waals surface area contributed by atoms with Crippen LogP contribution < -0.4 is 39.4 Å². The van der Waals surface area contributed by atoms with Crippen molar-refractivity contribution >= 4 is 17.6 Å². The Morgan fingerprint density at radius 2 is 1.71 bits per heavy atom. The molecular weight excluding hydrogens is 421 g/mol. The molecule has 1 aliphatic carbocycles. The molecule has 0 unspecified atom stereocenters. The molecular formula is C25H23ClNNaO3. The minimum Gasteiger partial charge on any atom is -0.543 e. The number of hydrogen-bond acceptors (Lipinski definition) is 4. The number of carboxylic acids is 1. The maximum Gasteiger partial charge on any atom is 1.00 e. The summed E-state index contributed by atoms with van der Waals surface area (Å²) in [5.41, 5.74) is 3.04. The average molecular weight is 444 g/mol. The molecule has 0 bridgehead atoms. The molecule has 0 aliphatic heterocycles. The first kappa shape index (κ1) is 23.8. The van der Waals surface area contributed by atoms with Gasteiger partial charge in [0.25, 0.3) is 0 Å². The van der Waals surface area contributed by atoms with E-state index in [1.807, 2.05) is 42.5 Å². The Kier molecular flexibility index (Phi) is 8.56. The van der Waals surface area contributed by atoms with Crippen molar-refractivity contribution in [3.63, 3.8) is 0 Å². The van der Waals surface area contributed by atoms with Crippen molar-refractivity contribution in [2.45, 2.75) is 32.1 Å². The molecule has 0 amide bonds. The van der Waals surface area contributed by atoms with E-state index >= 15 is 0 Å². The van der Waals surface area contributed by atoms with Crippen LogP contribution in [0.5, 0.6) is 5.75 Å². The van der Waals surface area contributed by atoms with E-state index in [9.17, 15) is 9.90 Å². The van der Waals surface area contributed by atoms with E-state index in [4.69, 9.17) is 16.3 Å². The summed E-state index contributed by atoms with van der Waals surface area (Å²) in [5, 5.41) is 11.9. The number of ether oxygens (including phenoxy) is 1. The number of pyridine rings is 1. The van der Waals surface area contributed by atoms with Gasteiger partial charge in [0.2, 0.25) is 0 Å². The number of aromatic carboxylic acids is 1. The first-order chi connectivity index (χ1) is 14.6. The Bertz CT molecular complexity index is 1050. The van der Waals surface area contributed by atoms with Crippen LogP contribution >= 0.6 is 11.6 Å². The summed E-state index contributed by atoms with van der Waals surface area (Å²) in [6.07, 6.45) is 6.27. The second kappa shape index (κ2) is 11.1. The number of halogens is 1. The molecule has 1 saturated carbocycles. The Morgan fingerprint density at radius 1 is 0.968 bits per heavy atom. The van der Waals surface area contributed by atoms with Gasteiger partial charge >= 0.3 is 29.6 Å². The molecule has 4 rings (SSSR count). The number of aromatic nitrogens is 1. The summed E-state index contributed by atoms with van der Waals surface area (Å²) >= 11 is 6.32.